The molecule has 88 valence electrons. The van der Waals surface area contributed by atoms with Crippen LogP contribution in [0.3, 0.4) is 0 Å². The second kappa shape index (κ2) is 4.58. The van der Waals surface area contributed by atoms with Crippen molar-refractivity contribution in [3.05, 3.63) is 12.1 Å². The van der Waals surface area contributed by atoms with Crippen LogP contribution in [0.25, 0.3) is 0 Å². The molecule has 1 aliphatic rings. The van der Waals surface area contributed by atoms with Crippen molar-refractivity contribution in [2.45, 2.75) is 0 Å². The van der Waals surface area contributed by atoms with Gasteiger partial charge in [-0.25, -0.2) is 5.84 Å². The van der Waals surface area contributed by atoms with Crippen LogP contribution in [-0.4, -0.2) is 48.1 Å². The SMILES string of the molecule is CN1CCN(c2cc(NN)nc(F)n2)CC1. The Hall–Kier alpha value is -1.47. The van der Waals surface area contributed by atoms with Gasteiger partial charge in [0.25, 0.3) is 0 Å². The molecule has 1 saturated heterocycles. The highest BCUT2D eigenvalue weighted by atomic mass is 19.1. The Labute approximate surface area is 93.2 Å². The molecule has 0 spiro atoms. The number of nitrogen functional groups attached to an aromatic ring is 1. The molecule has 0 aliphatic carbocycles. The molecule has 1 aliphatic heterocycles. The molecule has 1 aromatic rings. The number of aromatic nitrogens is 2. The molecule has 0 atom stereocenters. The van der Waals surface area contributed by atoms with E-state index in [1.165, 1.54) is 0 Å². The van der Waals surface area contributed by atoms with Gasteiger partial charge in [-0.05, 0) is 7.05 Å². The summed E-state index contributed by atoms with van der Waals surface area (Å²) in [5.41, 5.74) is 2.33. The number of likely N-dealkylation sites (N-methyl/N-ethyl adjacent to an activating group) is 1. The van der Waals surface area contributed by atoms with Gasteiger partial charge in [0, 0.05) is 32.2 Å². The fourth-order valence-electron chi connectivity index (χ4n) is 1.68. The third-order valence-electron chi connectivity index (χ3n) is 2.66. The number of nitrogens with one attached hydrogen (secondary N) is 1. The highest BCUT2D eigenvalue weighted by Gasteiger charge is 2.16. The van der Waals surface area contributed by atoms with Crippen molar-refractivity contribution in [3.8, 4) is 0 Å². The number of nitrogens with zero attached hydrogens (tertiary/aromatic N) is 4. The zero-order valence-electron chi connectivity index (χ0n) is 9.15. The van der Waals surface area contributed by atoms with E-state index in [1.54, 1.807) is 6.07 Å². The first-order valence-corrected chi connectivity index (χ1v) is 5.14. The van der Waals surface area contributed by atoms with Crippen LogP contribution in [0.1, 0.15) is 0 Å². The number of halogens is 1. The highest BCUT2D eigenvalue weighted by Crippen LogP contribution is 2.16. The van der Waals surface area contributed by atoms with Crippen molar-refractivity contribution in [3.63, 3.8) is 0 Å². The van der Waals surface area contributed by atoms with Crippen LogP contribution < -0.4 is 16.2 Å². The molecule has 0 radical (unpaired) electrons. The lowest BCUT2D eigenvalue weighted by Gasteiger charge is -2.33. The van der Waals surface area contributed by atoms with Gasteiger partial charge >= 0.3 is 6.08 Å². The summed E-state index contributed by atoms with van der Waals surface area (Å²) in [5, 5.41) is 0. The molecule has 0 saturated carbocycles. The number of anilines is 2. The van der Waals surface area contributed by atoms with E-state index in [1.807, 2.05) is 4.90 Å². The quantitative estimate of drug-likeness (QED) is 0.408. The molecule has 16 heavy (non-hydrogen) atoms. The van der Waals surface area contributed by atoms with Gasteiger partial charge in [-0.2, -0.15) is 14.4 Å². The fraction of sp³-hybridized carbons (Fsp3) is 0.556. The summed E-state index contributed by atoms with van der Waals surface area (Å²) in [6.07, 6.45) is -0.760. The lowest BCUT2D eigenvalue weighted by atomic mass is 10.3. The van der Waals surface area contributed by atoms with Gasteiger partial charge in [0.15, 0.2) is 0 Å². The topological polar surface area (TPSA) is 70.3 Å². The van der Waals surface area contributed by atoms with Gasteiger partial charge in [-0.1, -0.05) is 0 Å². The molecule has 0 unspecified atom stereocenters. The number of hydrogen-bond acceptors (Lipinski definition) is 6. The Bertz CT molecular complexity index is 363. The van der Waals surface area contributed by atoms with Crippen LogP contribution in [0.2, 0.25) is 0 Å². The Kier molecular flexibility index (Phi) is 3.16. The average Bonchev–Trinajstić information content (AvgIpc) is 2.29. The third-order valence-corrected chi connectivity index (χ3v) is 2.66. The normalized spacial score (nSPS) is 17.6. The lowest BCUT2D eigenvalue weighted by Crippen LogP contribution is -2.45. The van der Waals surface area contributed by atoms with Crippen molar-refractivity contribution >= 4 is 11.6 Å². The summed E-state index contributed by atoms with van der Waals surface area (Å²) in [6, 6.07) is 1.65. The van der Waals surface area contributed by atoms with Crippen LogP contribution in [-0.2, 0) is 0 Å². The molecule has 7 heteroatoms. The summed E-state index contributed by atoms with van der Waals surface area (Å²) >= 11 is 0. The smallest absolute Gasteiger partial charge is 0.312 e. The molecule has 0 aromatic carbocycles. The van der Waals surface area contributed by atoms with Gasteiger partial charge in [0.1, 0.15) is 11.6 Å². The number of hydrazine groups is 1. The fourth-order valence-corrected chi connectivity index (χ4v) is 1.68. The number of nitrogens with two attached hydrogens (primary N) is 1. The van der Waals surface area contributed by atoms with Crippen molar-refractivity contribution in [2.75, 3.05) is 43.6 Å². The van der Waals surface area contributed by atoms with E-state index in [4.69, 9.17) is 5.84 Å². The predicted molar refractivity (Wildman–Crippen MR) is 59.5 cm³/mol. The van der Waals surface area contributed by atoms with E-state index >= 15 is 0 Å². The zero-order chi connectivity index (χ0) is 11.5. The maximum atomic E-state index is 13.1. The Balaban J connectivity index is 2.16. The molecular weight excluding hydrogens is 211 g/mol. The highest BCUT2D eigenvalue weighted by molar-refractivity contribution is 5.48. The van der Waals surface area contributed by atoms with Gasteiger partial charge in [-0.15, -0.1) is 0 Å². The molecular formula is C9H15FN6. The molecule has 1 aromatic heterocycles. The van der Waals surface area contributed by atoms with E-state index in [0.29, 0.717) is 11.6 Å². The van der Waals surface area contributed by atoms with E-state index in [2.05, 4.69) is 27.3 Å². The van der Waals surface area contributed by atoms with E-state index in [9.17, 15) is 4.39 Å². The van der Waals surface area contributed by atoms with Crippen LogP contribution >= 0.6 is 0 Å². The zero-order valence-corrected chi connectivity index (χ0v) is 9.15. The summed E-state index contributed by atoms with van der Waals surface area (Å²) in [5.74, 6) is 6.08. The summed E-state index contributed by atoms with van der Waals surface area (Å²) in [4.78, 5) is 11.5. The Morgan fingerprint density at radius 1 is 1.31 bits per heavy atom. The van der Waals surface area contributed by atoms with E-state index in [-0.39, 0.29) is 0 Å². The maximum absolute atomic E-state index is 13.1. The summed E-state index contributed by atoms with van der Waals surface area (Å²) in [7, 11) is 2.06. The van der Waals surface area contributed by atoms with Gasteiger partial charge in [0.05, 0.1) is 0 Å². The first-order chi connectivity index (χ1) is 7.69. The lowest BCUT2D eigenvalue weighted by molar-refractivity contribution is 0.311. The number of piperazine rings is 1. The van der Waals surface area contributed by atoms with E-state index < -0.39 is 6.08 Å². The number of hydrogen-bond donors (Lipinski definition) is 2. The second-order valence-corrected chi connectivity index (χ2v) is 3.82. The van der Waals surface area contributed by atoms with Crippen LogP contribution in [0.4, 0.5) is 16.0 Å². The second-order valence-electron chi connectivity index (χ2n) is 3.82. The van der Waals surface area contributed by atoms with Gasteiger partial charge in [-0.3, -0.25) is 0 Å². The van der Waals surface area contributed by atoms with E-state index in [0.717, 1.165) is 26.2 Å². The van der Waals surface area contributed by atoms with Gasteiger partial charge < -0.3 is 15.2 Å². The molecule has 6 nitrogen and oxygen atoms in total. The summed E-state index contributed by atoms with van der Waals surface area (Å²) < 4.78 is 13.1. The minimum Gasteiger partial charge on any atom is -0.354 e. The number of rotatable bonds is 2. The van der Waals surface area contributed by atoms with Crippen molar-refractivity contribution in [1.82, 2.24) is 14.9 Å². The maximum Gasteiger partial charge on any atom is 0.312 e. The van der Waals surface area contributed by atoms with Crippen molar-refractivity contribution in [2.24, 2.45) is 5.84 Å². The van der Waals surface area contributed by atoms with Gasteiger partial charge in [0.2, 0.25) is 0 Å². The molecule has 2 rings (SSSR count). The standard InChI is InChI=1S/C9H15FN6/c1-15-2-4-16(5-3-15)8-6-7(14-11)12-9(10)13-8/h6H,2-5,11H2,1H3,(H,12,13,14). The minimum atomic E-state index is -0.760. The third kappa shape index (κ3) is 2.37. The Morgan fingerprint density at radius 3 is 2.62 bits per heavy atom. The molecule has 0 amide bonds. The Morgan fingerprint density at radius 2 is 2.00 bits per heavy atom. The monoisotopic (exact) mass is 226 g/mol. The van der Waals surface area contributed by atoms with Crippen molar-refractivity contribution < 1.29 is 4.39 Å². The molecule has 1 fully saturated rings. The molecule has 0 bridgehead atoms. The summed E-state index contributed by atoms with van der Waals surface area (Å²) in [6.45, 7) is 3.54. The van der Waals surface area contributed by atoms with Crippen LogP contribution in [0.5, 0.6) is 0 Å². The first kappa shape index (κ1) is 11.0. The minimum absolute atomic E-state index is 0.293. The largest absolute Gasteiger partial charge is 0.354 e. The van der Waals surface area contributed by atoms with Crippen LogP contribution in [0, 0.1) is 6.08 Å². The molecule has 2 heterocycles. The average molecular weight is 226 g/mol. The van der Waals surface area contributed by atoms with Crippen molar-refractivity contribution in [1.29, 1.82) is 0 Å². The predicted octanol–water partition coefficient (Wildman–Crippen LogP) is -0.347. The van der Waals surface area contributed by atoms with Crippen LogP contribution in [0.15, 0.2) is 6.07 Å². The molecule has 3 N–H and O–H groups in total. The first-order valence-electron chi connectivity index (χ1n) is 5.14.